The maximum Gasteiger partial charge on any atom is 0.227 e. The smallest absolute Gasteiger partial charge is 0.227 e. The molecule has 0 bridgehead atoms. The number of anilines is 2. The molecule has 2 aromatic rings. The predicted molar refractivity (Wildman–Crippen MR) is 88.8 cm³/mol. The topological polar surface area (TPSA) is 45.2 Å². The van der Waals surface area contributed by atoms with Crippen molar-refractivity contribution < 1.29 is 4.79 Å². The number of amides is 1. The zero-order chi connectivity index (χ0) is 15.4. The molecule has 1 aromatic carbocycles. The Hall–Kier alpha value is -2.36. The summed E-state index contributed by atoms with van der Waals surface area (Å²) in [5, 5.41) is 2.92. The van der Waals surface area contributed by atoms with E-state index in [2.05, 4.69) is 34.3 Å². The summed E-state index contributed by atoms with van der Waals surface area (Å²) >= 11 is 0. The van der Waals surface area contributed by atoms with Crippen LogP contribution in [-0.4, -0.2) is 17.4 Å². The lowest BCUT2D eigenvalue weighted by Gasteiger charge is -2.22. The molecule has 1 aliphatic rings. The van der Waals surface area contributed by atoms with E-state index in [0.717, 1.165) is 37.4 Å². The van der Waals surface area contributed by atoms with Gasteiger partial charge < -0.3 is 10.2 Å². The molecule has 114 valence electrons. The highest BCUT2D eigenvalue weighted by atomic mass is 16.2. The molecule has 1 heterocycles. The predicted octanol–water partition coefficient (Wildman–Crippen LogP) is 3.46. The summed E-state index contributed by atoms with van der Waals surface area (Å²) in [4.78, 5) is 18.4. The number of nitrogens with zero attached hydrogens (tertiary/aromatic N) is 2. The SMILES string of the molecule is CCN(Cc1ccccc1)c1ccc(NC(=O)C2CC2)cn1. The first-order chi connectivity index (χ1) is 10.8. The zero-order valence-electron chi connectivity index (χ0n) is 12.8. The van der Waals surface area contributed by atoms with Crippen LogP contribution in [-0.2, 0) is 11.3 Å². The lowest BCUT2D eigenvalue weighted by molar-refractivity contribution is -0.117. The van der Waals surface area contributed by atoms with Gasteiger partial charge in [0.05, 0.1) is 11.9 Å². The first-order valence-corrected chi connectivity index (χ1v) is 7.82. The third kappa shape index (κ3) is 3.64. The van der Waals surface area contributed by atoms with Gasteiger partial charge in [-0.15, -0.1) is 0 Å². The number of benzene rings is 1. The minimum absolute atomic E-state index is 0.117. The summed E-state index contributed by atoms with van der Waals surface area (Å²) in [5.41, 5.74) is 2.04. The van der Waals surface area contributed by atoms with Gasteiger partial charge in [0.2, 0.25) is 5.91 Å². The molecule has 1 saturated carbocycles. The van der Waals surface area contributed by atoms with Crippen LogP contribution in [0.15, 0.2) is 48.7 Å². The van der Waals surface area contributed by atoms with Crippen molar-refractivity contribution in [3.05, 3.63) is 54.2 Å². The van der Waals surface area contributed by atoms with E-state index in [0.29, 0.717) is 0 Å². The van der Waals surface area contributed by atoms with Crippen LogP contribution in [0.25, 0.3) is 0 Å². The molecular weight excluding hydrogens is 274 g/mol. The van der Waals surface area contributed by atoms with Crippen molar-refractivity contribution in [2.75, 3.05) is 16.8 Å². The number of pyridine rings is 1. The molecule has 1 aliphatic carbocycles. The van der Waals surface area contributed by atoms with E-state index < -0.39 is 0 Å². The number of carbonyl (C=O) groups is 1. The normalized spacial score (nSPS) is 13.7. The van der Waals surface area contributed by atoms with Crippen LogP contribution < -0.4 is 10.2 Å². The van der Waals surface area contributed by atoms with Crippen molar-refractivity contribution in [1.29, 1.82) is 0 Å². The lowest BCUT2D eigenvalue weighted by Crippen LogP contribution is -2.23. The van der Waals surface area contributed by atoms with E-state index in [1.54, 1.807) is 6.20 Å². The van der Waals surface area contributed by atoms with Crippen LogP contribution in [0.2, 0.25) is 0 Å². The van der Waals surface area contributed by atoms with Crippen LogP contribution in [0.4, 0.5) is 11.5 Å². The van der Waals surface area contributed by atoms with Gasteiger partial charge in [0.25, 0.3) is 0 Å². The Morgan fingerprint density at radius 2 is 2.00 bits per heavy atom. The molecule has 22 heavy (non-hydrogen) atoms. The lowest BCUT2D eigenvalue weighted by atomic mass is 10.2. The van der Waals surface area contributed by atoms with Gasteiger partial charge in [0.15, 0.2) is 0 Å². The molecule has 1 N–H and O–H groups in total. The molecule has 0 radical (unpaired) electrons. The van der Waals surface area contributed by atoms with E-state index in [1.807, 2.05) is 30.3 Å². The van der Waals surface area contributed by atoms with Crippen LogP contribution in [0, 0.1) is 5.92 Å². The maximum atomic E-state index is 11.7. The average molecular weight is 295 g/mol. The molecule has 0 spiro atoms. The molecule has 0 aliphatic heterocycles. The van der Waals surface area contributed by atoms with Crippen molar-refractivity contribution in [3.8, 4) is 0 Å². The van der Waals surface area contributed by atoms with E-state index in [4.69, 9.17) is 0 Å². The Bertz CT molecular complexity index is 621. The van der Waals surface area contributed by atoms with E-state index >= 15 is 0 Å². The molecule has 0 unspecified atom stereocenters. The Morgan fingerprint density at radius 3 is 2.59 bits per heavy atom. The Morgan fingerprint density at radius 1 is 1.23 bits per heavy atom. The molecule has 4 nitrogen and oxygen atoms in total. The Balaban J connectivity index is 1.65. The van der Waals surface area contributed by atoms with Gasteiger partial charge in [-0.05, 0) is 37.5 Å². The molecule has 0 saturated heterocycles. The third-order valence-electron chi connectivity index (χ3n) is 3.89. The van der Waals surface area contributed by atoms with Crippen LogP contribution in [0.5, 0.6) is 0 Å². The second-order valence-corrected chi connectivity index (χ2v) is 5.67. The first-order valence-electron chi connectivity index (χ1n) is 7.82. The van der Waals surface area contributed by atoms with Gasteiger partial charge in [0, 0.05) is 19.0 Å². The summed E-state index contributed by atoms with van der Waals surface area (Å²) in [5.74, 6) is 1.26. The van der Waals surface area contributed by atoms with Gasteiger partial charge in [-0.1, -0.05) is 30.3 Å². The van der Waals surface area contributed by atoms with Crippen LogP contribution in [0.3, 0.4) is 0 Å². The Labute approximate surface area is 131 Å². The second kappa shape index (κ2) is 6.60. The van der Waals surface area contributed by atoms with Gasteiger partial charge in [0.1, 0.15) is 5.82 Å². The molecule has 1 fully saturated rings. The molecule has 4 heteroatoms. The van der Waals surface area contributed by atoms with Gasteiger partial charge in [-0.2, -0.15) is 0 Å². The molecular formula is C18H21N3O. The highest BCUT2D eigenvalue weighted by Gasteiger charge is 2.29. The number of aromatic nitrogens is 1. The largest absolute Gasteiger partial charge is 0.353 e. The highest BCUT2D eigenvalue weighted by Crippen LogP contribution is 2.30. The summed E-state index contributed by atoms with van der Waals surface area (Å²) in [6, 6.07) is 14.3. The number of rotatable bonds is 6. The van der Waals surface area contributed by atoms with E-state index in [9.17, 15) is 4.79 Å². The monoisotopic (exact) mass is 295 g/mol. The fourth-order valence-electron chi connectivity index (χ4n) is 2.40. The highest BCUT2D eigenvalue weighted by molar-refractivity contribution is 5.93. The van der Waals surface area contributed by atoms with Gasteiger partial charge >= 0.3 is 0 Å². The molecule has 1 amide bonds. The molecule has 3 rings (SSSR count). The van der Waals surface area contributed by atoms with E-state index in [1.165, 1.54) is 5.56 Å². The number of hydrogen-bond acceptors (Lipinski definition) is 3. The second-order valence-electron chi connectivity index (χ2n) is 5.67. The number of carbonyl (C=O) groups excluding carboxylic acids is 1. The quantitative estimate of drug-likeness (QED) is 0.887. The fraction of sp³-hybridized carbons (Fsp3) is 0.333. The molecule has 0 atom stereocenters. The van der Waals surface area contributed by atoms with Crippen molar-refractivity contribution in [1.82, 2.24) is 4.98 Å². The minimum Gasteiger partial charge on any atom is -0.353 e. The summed E-state index contributed by atoms with van der Waals surface area (Å²) in [7, 11) is 0. The van der Waals surface area contributed by atoms with E-state index in [-0.39, 0.29) is 11.8 Å². The zero-order valence-corrected chi connectivity index (χ0v) is 12.8. The number of hydrogen-bond donors (Lipinski definition) is 1. The minimum atomic E-state index is 0.117. The average Bonchev–Trinajstić information content (AvgIpc) is 3.39. The first kappa shape index (κ1) is 14.6. The van der Waals surface area contributed by atoms with Crippen LogP contribution >= 0.6 is 0 Å². The Kier molecular flexibility index (Phi) is 4.37. The van der Waals surface area contributed by atoms with Crippen molar-refractivity contribution >= 4 is 17.4 Å². The van der Waals surface area contributed by atoms with Crippen molar-refractivity contribution in [3.63, 3.8) is 0 Å². The maximum absolute atomic E-state index is 11.7. The summed E-state index contributed by atoms with van der Waals surface area (Å²) < 4.78 is 0. The summed E-state index contributed by atoms with van der Waals surface area (Å²) in [6.07, 6.45) is 3.76. The van der Waals surface area contributed by atoms with Gasteiger partial charge in [-0.25, -0.2) is 4.98 Å². The standard InChI is InChI=1S/C18H21N3O/c1-2-21(13-14-6-4-3-5-7-14)17-11-10-16(12-19-17)20-18(22)15-8-9-15/h3-7,10-12,15H,2,8-9,13H2,1H3,(H,20,22). The van der Waals surface area contributed by atoms with Crippen LogP contribution in [0.1, 0.15) is 25.3 Å². The fourth-order valence-corrected chi connectivity index (χ4v) is 2.40. The molecule has 1 aromatic heterocycles. The summed E-state index contributed by atoms with van der Waals surface area (Å²) in [6.45, 7) is 3.83. The third-order valence-corrected chi connectivity index (χ3v) is 3.89. The van der Waals surface area contributed by atoms with Gasteiger partial charge in [-0.3, -0.25) is 4.79 Å². The van der Waals surface area contributed by atoms with Crippen molar-refractivity contribution in [2.45, 2.75) is 26.3 Å². The number of nitrogens with one attached hydrogen (secondary N) is 1. The van der Waals surface area contributed by atoms with Crippen molar-refractivity contribution in [2.24, 2.45) is 5.92 Å².